The van der Waals surface area contributed by atoms with Crippen molar-refractivity contribution in [2.45, 2.75) is 32.5 Å². The minimum atomic E-state index is 0.0740. The molecule has 1 heterocycles. The van der Waals surface area contributed by atoms with Crippen LogP contribution >= 0.6 is 15.9 Å². The smallest absolute Gasteiger partial charge is 0.0750 e. The number of aliphatic hydroxyl groups excluding tert-OH is 1. The molecule has 100 valence electrons. The lowest BCUT2D eigenvalue weighted by molar-refractivity contribution is 0.0526. The molecule has 1 fully saturated rings. The first kappa shape index (κ1) is 13.8. The summed E-state index contributed by atoms with van der Waals surface area (Å²) in [5, 5.41) is 9.46. The second kappa shape index (κ2) is 6.55. The van der Waals surface area contributed by atoms with E-state index in [-0.39, 0.29) is 6.61 Å². The molecule has 2 rings (SSSR count). The lowest BCUT2D eigenvalue weighted by atomic mass is 10.1. The van der Waals surface area contributed by atoms with E-state index in [1.165, 1.54) is 0 Å². The summed E-state index contributed by atoms with van der Waals surface area (Å²) in [4.78, 5) is 2.32. The summed E-state index contributed by atoms with van der Waals surface area (Å²) in [5.41, 5.74) is 2.10. The number of nitrogens with zero attached hydrogens (tertiary/aromatic N) is 1. The molecule has 1 saturated heterocycles. The molecule has 0 aromatic heterocycles. The van der Waals surface area contributed by atoms with Gasteiger partial charge in [0.1, 0.15) is 0 Å². The van der Waals surface area contributed by atoms with Crippen molar-refractivity contribution in [1.29, 1.82) is 0 Å². The lowest BCUT2D eigenvalue weighted by Gasteiger charge is -2.35. The van der Waals surface area contributed by atoms with Gasteiger partial charge < -0.3 is 14.7 Å². The van der Waals surface area contributed by atoms with Crippen molar-refractivity contribution in [3.05, 3.63) is 28.2 Å². The van der Waals surface area contributed by atoms with Gasteiger partial charge in [-0.3, -0.25) is 0 Å². The average Bonchev–Trinajstić information content (AvgIpc) is 2.39. The van der Waals surface area contributed by atoms with Gasteiger partial charge in [0.2, 0.25) is 0 Å². The molecule has 0 saturated carbocycles. The maximum absolute atomic E-state index is 9.46. The van der Waals surface area contributed by atoms with Crippen molar-refractivity contribution >= 4 is 21.6 Å². The predicted molar refractivity (Wildman–Crippen MR) is 76.9 cm³/mol. The zero-order valence-corrected chi connectivity index (χ0v) is 12.3. The highest BCUT2D eigenvalue weighted by Crippen LogP contribution is 2.27. The van der Waals surface area contributed by atoms with Crippen LogP contribution in [0.3, 0.4) is 0 Å². The number of ether oxygens (including phenoxy) is 1. The molecule has 0 aliphatic carbocycles. The van der Waals surface area contributed by atoms with Crippen molar-refractivity contribution in [3.8, 4) is 0 Å². The Kier molecular flexibility index (Phi) is 5.03. The topological polar surface area (TPSA) is 32.7 Å². The van der Waals surface area contributed by atoms with Gasteiger partial charge >= 0.3 is 0 Å². The van der Waals surface area contributed by atoms with Crippen LogP contribution in [-0.4, -0.2) is 30.9 Å². The highest BCUT2D eigenvalue weighted by Gasteiger charge is 2.21. The van der Waals surface area contributed by atoms with E-state index in [1.54, 1.807) is 0 Å². The molecule has 0 amide bonds. The molecule has 0 spiro atoms. The van der Waals surface area contributed by atoms with Crippen LogP contribution in [0.1, 0.15) is 25.3 Å². The molecule has 1 N–H and O–H groups in total. The second-order valence-corrected chi connectivity index (χ2v) is 5.51. The molecule has 3 nitrogen and oxygen atoms in total. The Hall–Kier alpha value is -0.580. The Morgan fingerprint density at radius 3 is 3.06 bits per heavy atom. The number of halogens is 1. The number of anilines is 1. The SMILES string of the molecule is CCOC1CCCN(c2ccc(Br)cc2CO)C1. The number of piperidine rings is 1. The summed E-state index contributed by atoms with van der Waals surface area (Å²) in [6.45, 7) is 4.84. The van der Waals surface area contributed by atoms with Crippen LogP contribution in [0, 0.1) is 0 Å². The average molecular weight is 314 g/mol. The van der Waals surface area contributed by atoms with Crippen LogP contribution in [0.25, 0.3) is 0 Å². The Morgan fingerprint density at radius 2 is 2.33 bits per heavy atom. The number of rotatable bonds is 4. The zero-order valence-electron chi connectivity index (χ0n) is 10.7. The van der Waals surface area contributed by atoms with E-state index in [2.05, 4.69) is 26.9 Å². The van der Waals surface area contributed by atoms with E-state index < -0.39 is 0 Å². The predicted octanol–water partition coefficient (Wildman–Crippen LogP) is 2.95. The fourth-order valence-corrected chi connectivity index (χ4v) is 2.93. The van der Waals surface area contributed by atoms with Crippen molar-refractivity contribution in [2.24, 2.45) is 0 Å². The van der Waals surface area contributed by atoms with E-state index in [0.717, 1.165) is 48.3 Å². The third-order valence-corrected chi connectivity index (χ3v) is 3.83. The Morgan fingerprint density at radius 1 is 1.50 bits per heavy atom. The molecular weight excluding hydrogens is 294 g/mol. The van der Waals surface area contributed by atoms with E-state index in [0.29, 0.717) is 6.10 Å². The number of benzene rings is 1. The maximum atomic E-state index is 9.46. The quantitative estimate of drug-likeness (QED) is 0.927. The van der Waals surface area contributed by atoms with Crippen molar-refractivity contribution in [1.82, 2.24) is 0 Å². The third-order valence-electron chi connectivity index (χ3n) is 3.33. The molecule has 1 unspecified atom stereocenters. The third kappa shape index (κ3) is 3.25. The number of aliphatic hydroxyl groups is 1. The molecule has 1 aliphatic heterocycles. The zero-order chi connectivity index (χ0) is 13.0. The van der Waals surface area contributed by atoms with E-state index in [9.17, 15) is 5.11 Å². The van der Waals surface area contributed by atoms with E-state index in [4.69, 9.17) is 4.74 Å². The van der Waals surface area contributed by atoms with Gasteiger partial charge in [0.05, 0.1) is 12.7 Å². The van der Waals surface area contributed by atoms with Gasteiger partial charge in [-0.1, -0.05) is 15.9 Å². The molecule has 0 bridgehead atoms. The van der Waals surface area contributed by atoms with Gasteiger partial charge in [-0.05, 0) is 38.0 Å². The van der Waals surface area contributed by atoms with Gasteiger partial charge in [-0.25, -0.2) is 0 Å². The minimum Gasteiger partial charge on any atom is -0.392 e. The van der Waals surface area contributed by atoms with Crippen molar-refractivity contribution in [2.75, 3.05) is 24.6 Å². The van der Waals surface area contributed by atoms with Crippen LogP contribution in [-0.2, 0) is 11.3 Å². The highest BCUT2D eigenvalue weighted by atomic mass is 79.9. The molecule has 1 aromatic carbocycles. The highest BCUT2D eigenvalue weighted by molar-refractivity contribution is 9.10. The van der Waals surface area contributed by atoms with E-state index >= 15 is 0 Å². The standard InChI is InChI=1S/C14H20BrNO2/c1-2-18-13-4-3-7-16(9-13)14-6-5-12(15)8-11(14)10-17/h5-6,8,13,17H,2-4,7,9-10H2,1H3. The fraction of sp³-hybridized carbons (Fsp3) is 0.571. The second-order valence-electron chi connectivity index (χ2n) is 4.60. The lowest BCUT2D eigenvalue weighted by Crippen LogP contribution is -2.40. The van der Waals surface area contributed by atoms with Crippen LogP contribution < -0.4 is 4.90 Å². The summed E-state index contributed by atoms with van der Waals surface area (Å²) >= 11 is 3.44. The Labute approximate surface area is 117 Å². The summed E-state index contributed by atoms with van der Waals surface area (Å²) in [5.74, 6) is 0. The van der Waals surface area contributed by atoms with Crippen LogP contribution in [0.4, 0.5) is 5.69 Å². The Bertz CT molecular complexity index is 395. The van der Waals surface area contributed by atoms with Crippen molar-refractivity contribution in [3.63, 3.8) is 0 Å². The van der Waals surface area contributed by atoms with Crippen LogP contribution in [0.2, 0.25) is 0 Å². The maximum Gasteiger partial charge on any atom is 0.0750 e. The van der Waals surface area contributed by atoms with Crippen LogP contribution in [0.5, 0.6) is 0 Å². The fourth-order valence-electron chi connectivity index (χ4n) is 2.52. The van der Waals surface area contributed by atoms with Gasteiger partial charge in [0, 0.05) is 35.4 Å². The molecule has 1 atom stereocenters. The minimum absolute atomic E-state index is 0.0740. The Balaban J connectivity index is 2.15. The van der Waals surface area contributed by atoms with Crippen molar-refractivity contribution < 1.29 is 9.84 Å². The van der Waals surface area contributed by atoms with E-state index in [1.807, 2.05) is 19.1 Å². The monoisotopic (exact) mass is 313 g/mol. The van der Waals surface area contributed by atoms with Gasteiger partial charge in [-0.2, -0.15) is 0 Å². The summed E-state index contributed by atoms with van der Waals surface area (Å²) in [6.07, 6.45) is 2.60. The number of hydrogen-bond acceptors (Lipinski definition) is 3. The first-order chi connectivity index (χ1) is 8.74. The van der Waals surface area contributed by atoms with Gasteiger partial charge in [0.25, 0.3) is 0 Å². The largest absolute Gasteiger partial charge is 0.392 e. The number of hydrogen-bond donors (Lipinski definition) is 1. The molecular formula is C14H20BrNO2. The van der Waals surface area contributed by atoms with Crippen LogP contribution in [0.15, 0.2) is 22.7 Å². The molecule has 18 heavy (non-hydrogen) atoms. The summed E-state index contributed by atoms with van der Waals surface area (Å²) in [7, 11) is 0. The van der Waals surface area contributed by atoms with Gasteiger partial charge in [-0.15, -0.1) is 0 Å². The molecule has 4 heteroatoms. The normalized spacial score (nSPS) is 20.2. The molecule has 1 aromatic rings. The molecule has 1 aliphatic rings. The first-order valence-corrected chi connectivity index (χ1v) is 7.29. The molecule has 0 radical (unpaired) electrons. The summed E-state index contributed by atoms with van der Waals surface area (Å²) in [6, 6.07) is 6.09. The summed E-state index contributed by atoms with van der Waals surface area (Å²) < 4.78 is 6.73. The first-order valence-electron chi connectivity index (χ1n) is 6.50. The van der Waals surface area contributed by atoms with Gasteiger partial charge in [0.15, 0.2) is 0 Å².